The Kier molecular flexibility index (Phi) is 4.87. The number of aromatic nitrogens is 1. The second kappa shape index (κ2) is 6.49. The van der Waals surface area contributed by atoms with Crippen molar-refractivity contribution in [2.75, 3.05) is 7.11 Å². The molecule has 2 aromatic heterocycles. The summed E-state index contributed by atoms with van der Waals surface area (Å²) < 4.78 is 53.6. The van der Waals surface area contributed by atoms with Gasteiger partial charge in [0.2, 0.25) is 11.9 Å². The smallest absolute Gasteiger partial charge is 0.432 e. The predicted octanol–water partition coefficient (Wildman–Crippen LogP) is 3.65. The normalized spacial score (nSPS) is 13.1. The van der Waals surface area contributed by atoms with E-state index in [1.54, 1.807) is 6.92 Å². The van der Waals surface area contributed by atoms with E-state index < -0.39 is 18.2 Å². The van der Waals surface area contributed by atoms with Crippen LogP contribution in [0.5, 0.6) is 0 Å². The van der Waals surface area contributed by atoms with E-state index in [0.717, 1.165) is 11.3 Å². The fourth-order valence-corrected chi connectivity index (χ4v) is 2.47. The Labute approximate surface area is 127 Å². The zero-order valence-electron chi connectivity index (χ0n) is 11.6. The maximum Gasteiger partial charge on any atom is 0.432 e. The SMILES string of the molecule is COCc1ccc(C(=O)O[C@@H](c2nc(C)cs2)C(F)(F)F)o1. The summed E-state index contributed by atoms with van der Waals surface area (Å²) in [5, 5.41) is 1.12. The first-order chi connectivity index (χ1) is 10.3. The lowest BCUT2D eigenvalue weighted by atomic mass is 10.3. The fraction of sp³-hybridized carbons (Fsp3) is 0.385. The highest BCUT2D eigenvalue weighted by Crippen LogP contribution is 2.37. The molecule has 0 bridgehead atoms. The van der Waals surface area contributed by atoms with Crippen LogP contribution >= 0.6 is 11.3 Å². The van der Waals surface area contributed by atoms with Crippen molar-refractivity contribution in [1.82, 2.24) is 4.98 Å². The standard InChI is InChI=1S/C13H12F3NO4S/c1-7-6-22-11(17-7)10(13(14,15)16)21-12(18)9-4-3-8(20-9)5-19-2/h3-4,6,10H,5H2,1-2H3/t10-/m0/s1. The Bertz CT molecular complexity index is 650. The van der Waals surface area contributed by atoms with Crippen LogP contribution in [0.2, 0.25) is 0 Å². The summed E-state index contributed by atoms with van der Waals surface area (Å²) in [6.45, 7) is 1.65. The van der Waals surface area contributed by atoms with E-state index in [-0.39, 0.29) is 17.4 Å². The van der Waals surface area contributed by atoms with Crippen molar-refractivity contribution in [2.45, 2.75) is 25.8 Å². The minimum Gasteiger partial charge on any atom is -0.452 e. The molecular formula is C13H12F3NO4S. The number of carbonyl (C=O) groups is 1. The van der Waals surface area contributed by atoms with Gasteiger partial charge in [-0.2, -0.15) is 13.2 Å². The molecule has 0 radical (unpaired) electrons. The van der Waals surface area contributed by atoms with Gasteiger partial charge >= 0.3 is 12.1 Å². The van der Waals surface area contributed by atoms with Crippen LogP contribution in [0.3, 0.4) is 0 Å². The van der Waals surface area contributed by atoms with Gasteiger partial charge in [0, 0.05) is 18.2 Å². The Balaban J connectivity index is 2.17. The van der Waals surface area contributed by atoms with E-state index in [1.807, 2.05) is 0 Å². The lowest BCUT2D eigenvalue weighted by Crippen LogP contribution is -2.26. The monoisotopic (exact) mass is 335 g/mol. The zero-order valence-corrected chi connectivity index (χ0v) is 12.5. The molecule has 0 amide bonds. The number of nitrogens with zero attached hydrogens (tertiary/aromatic N) is 1. The van der Waals surface area contributed by atoms with Crippen LogP contribution in [0.4, 0.5) is 13.2 Å². The molecule has 0 unspecified atom stereocenters. The molecule has 0 spiro atoms. The predicted molar refractivity (Wildman–Crippen MR) is 70.5 cm³/mol. The summed E-state index contributed by atoms with van der Waals surface area (Å²) >= 11 is 0.776. The maximum absolute atomic E-state index is 13.1. The minimum absolute atomic E-state index is 0.0989. The Morgan fingerprint density at radius 2 is 2.18 bits per heavy atom. The highest BCUT2D eigenvalue weighted by molar-refractivity contribution is 7.09. The van der Waals surface area contributed by atoms with Crippen molar-refractivity contribution < 1.29 is 31.9 Å². The van der Waals surface area contributed by atoms with Crippen LogP contribution in [-0.2, 0) is 16.1 Å². The largest absolute Gasteiger partial charge is 0.452 e. The molecule has 120 valence electrons. The molecule has 2 rings (SSSR count). The van der Waals surface area contributed by atoms with Crippen LogP contribution in [0.25, 0.3) is 0 Å². The number of thiazole rings is 1. The van der Waals surface area contributed by atoms with E-state index >= 15 is 0 Å². The van der Waals surface area contributed by atoms with E-state index in [9.17, 15) is 18.0 Å². The summed E-state index contributed by atoms with van der Waals surface area (Å²) in [7, 11) is 1.42. The second-order valence-electron chi connectivity index (χ2n) is 4.35. The first kappa shape index (κ1) is 16.5. The average molecular weight is 335 g/mol. The van der Waals surface area contributed by atoms with Crippen LogP contribution in [-0.4, -0.2) is 24.2 Å². The van der Waals surface area contributed by atoms with E-state index in [0.29, 0.717) is 11.5 Å². The molecule has 5 nitrogen and oxygen atoms in total. The summed E-state index contributed by atoms with van der Waals surface area (Å²) in [6.07, 6.45) is -7.18. The summed E-state index contributed by atoms with van der Waals surface area (Å²) in [6, 6.07) is 2.66. The van der Waals surface area contributed by atoms with Crippen LogP contribution in [0.15, 0.2) is 21.9 Å². The zero-order chi connectivity index (χ0) is 16.3. The topological polar surface area (TPSA) is 61.6 Å². The first-order valence-electron chi connectivity index (χ1n) is 6.08. The molecule has 1 atom stereocenters. The number of aryl methyl sites for hydroxylation is 1. The molecule has 0 aliphatic rings. The number of carbonyl (C=O) groups excluding carboxylic acids is 1. The molecule has 22 heavy (non-hydrogen) atoms. The number of alkyl halides is 3. The summed E-state index contributed by atoms with van der Waals surface area (Å²) in [5.74, 6) is -1.23. The molecule has 0 saturated carbocycles. The third-order valence-electron chi connectivity index (χ3n) is 2.53. The van der Waals surface area contributed by atoms with Crippen molar-refractivity contribution in [3.63, 3.8) is 0 Å². The number of rotatable bonds is 5. The van der Waals surface area contributed by atoms with Crippen molar-refractivity contribution in [3.8, 4) is 0 Å². The van der Waals surface area contributed by atoms with Gasteiger partial charge in [-0.05, 0) is 19.1 Å². The van der Waals surface area contributed by atoms with E-state index in [1.165, 1.54) is 24.6 Å². The van der Waals surface area contributed by atoms with Gasteiger partial charge in [-0.15, -0.1) is 11.3 Å². The quantitative estimate of drug-likeness (QED) is 0.781. The molecule has 0 N–H and O–H groups in total. The fourth-order valence-electron chi connectivity index (χ4n) is 1.62. The third-order valence-corrected chi connectivity index (χ3v) is 3.54. The van der Waals surface area contributed by atoms with Crippen LogP contribution in [0, 0.1) is 6.92 Å². The van der Waals surface area contributed by atoms with Crippen LogP contribution in [0.1, 0.15) is 33.1 Å². The van der Waals surface area contributed by atoms with Gasteiger partial charge in [0.15, 0.2) is 0 Å². The number of ether oxygens (including phenoxy) is 2. The molecule has 9 heteroatoms. The molecule has 0 saturated heterocycles. The van der Waals surface area contributed by atoms with Gasteiger partial charge in [0.25, 0.3) is 0 Å². The minimum atomic E-state index is -4.76. The molecule has 0 aliphatic heterocycles. The highest BCUT2D eigenvalue weighted by atomic mass is 32.1. The third kappa shape index (κ3) is 3.86. The number of esters is 1. The highest BCUT2D eigenvalue weighted by Gasteiger charge is 2.46. The van der Waals surface area contributed by atoms with E-state index in [4.69, 9.17) is 9.15 Å². The van der Waals surface area contributed by atoms with Gasteiger partial charge < -0.3 is 13.9 Å². The lowest BCUT2D eigenvalue weighted by Gasteiger charge is -2.17. The Hall–Kier alpha value is -1.87. The second-order valence-corrected chi connectivity index (χ2v) is 5.24. The van der Waals surface area contributed by atoms with Crippen molar-refractivity contribution >= 4 is 17.3 Å². The first-order valence-corrected chi connectivity index (χ1v) is 6.96. The summed E-state index contributed by atoms with van der Waals surface area (Å²) in [5.41, 5.74) is 0.422. The van der Waals surface area contributed by atoms with Crippen molar-refractivity contribution in [2.24, 2.45) is 0 Å². The molecule has 0 fully saturated rings. The van der Waals surface area contributed by atoms with Gasteiger partial charge in [-0.25, -0.2) is 9.78 Å². The van der Waals surface area contributed by atoms with Crippen molar-refractivity contribution in [1.29, 1.82) is 0 Å². The van der Waals surface area contributed by atoms with Crippen LogP contribution < -0.4 is 0 Å². The van der Waals surface area contributed by atoms with Gasteiger partial charge in [0.1, 0.15) is 17.4 Å². The lowest BCUT2D eigenvalue weighted by molar-refractivity contribution is -0.207. The maximum atomic E-state index is 13.1. The number of furan rings is 1. The molecule has 2 heterocycles. The molecule has 0 aromatic carbocycles. The Morgan fingerprint density at radius 1 is 1.45 bits per heavy atom. The summed E-state index contributed by atoms with van der Waals surface area (Å²) in [4.78, 5) is 15.5. The Morgan fingerprint density at radius 3 is 2.73 bits per heavy atom. The number of hydrogen-bond acceptors (Lipinski definition) is 6. The van der Waals surface area contributed by atoms with Crippen molar-refractivity contribution in [3.05, 3.63) is 39.7 Å². The van der Waals surface area contributed by atoms with Gasteiger partial charge in [0.05, 0.1) is 0 Å². The van der Waals surface area contributed by atoms with Gasteiger partial charge in [-0.1, -0.05) is 0 Å². The molecule has 0 aliphatic carbocycles. The number of halogens is 3. The number of hydrogen-bond donors (Lipinski definition) is 0. The van der Waals surface area contributed by atoms with E-state index in [2.05, 4.69) is 9.72 Å². The average Bonchev–Trinajstić information content (AvgIpc) is 3.04. The van der Waals surface area contributed by atoms with Gasteiger partial charge in [-0.3, -0.25) is 0 Å². The molecule has 2 aromatic rings. The number of methoxy groups -OCH3 is 1. The molecular weight excluding hydrogens is 323 g/mol.